The van der Waals surface area contributed by atoms with Crippen molar-refractivity contribution >= 4 is 17.5 Å². The van der Waals surface area contributed by atoms with Crippen molar-refractivity contribution < 1.29 is 9.53 Å². The molecule has 3 heterocycles. The number of methoxy groups -OCH3 is 1. The fraction of sp³-hybridized carbons (Fsp3) is 0.625. The summed E-state index contributed by atoms with van der Waals surface area (Å²) in [7, 11) is 1.65. The molecule has 25 heavy (non-hydrogen) atoms. The van der Waals surface area contributed by atoms with E-state index in [1.807, 2.05) is 13.0 Å². The second-order valence-electron chi connectivity index (χ2n) is 6.08. The van der Waals surface area contributed by atoms with Crippen molar-refractivity contribution in [2.75, 3.05) is 51.3 Å². The quantitative estimate of drug-likeness (QED) is 0.782. The van der Waals surface area contributed by atoms with Gasteiger partial charge in [0.15, 0.2) is 0 Å². The number of hydrogen-bond acceptors (Lipinski definition) is 7. The number of aromatic nitrogens is 4. The van der Waals surface area contributed by atoms with Crippen LogP contribution >= 0.6 is 0 Å². The van der Waals surface area contributed by atoms with Crippen LogP contribution in [0, 0.1) is 0 Å². The van der Waals surface area contributed by atoms with Crippen LogP contribution < -0.4 is 10.2 Å². The average Bonchev–Trinajstić information content (AvgIpc) is 2.94. The first-order chi connectivity index (χ1) is 12.2. The Kier molecular flexibility index (Phi) is 5.77. The molecule has 0 aliphatic carbocycles. The van der Waals surface area contributed by atoms with Gasteiger partial charge < -0.3 is 15.0 Å². The summed E-state index contributed by atoms with van der Waals surface area (Å²) in [6.45, 7) is 6.95. The van der Waals surface area contributed by atoms with Gasteiger partial charge >= 0.3 is 0 Å². The molecule has 1 saturated heterocycles. The Morgan fingerprint density at radius 1 is 1.32 bits per heavy atom. The summed E-state index contributed by atoms with van der Waals surface area (Å²) in [5, 5.41) is 7.16. The van der Waals surface area contributed by atoms with Crippen LogP contribution in [0.4, 0.5) is 5.82 Å². The van der Waals surface area contributed by atoms with Gasteiger partial charge in [-0.1, -0.05) is 0 Å². The first-order valence-corrected chi connectivity index (χ1v) is 8.64. The van der Waals surface area contributed by atoms with E-state index in [0.29, 0.717) is 25.5 Å². The highest BCUT2D eigenvalue weighted by Crippen LogP contribution is 2.18. The number of ether oxygens (including phenoxy) is 1. The number of likely N-dealkylation sites (N-methyl/N-ethyl adjacent to an activating group) is 1. The van der Waals surface area contributed by atoms with E-state index in [1.54, 1.807) is 11.6 Å². The van der Waals surface area contributed by atoms with Gasteiger partial charge in [0.2, 0.25) is 5.91 Å². The predicted octanol–water partition coefficient (Wildman–Crippen LogP) is -0.0811. The van der Waals surface area contributed by atoms with E-state index in [-0.39, 0.29) is 5.91 Å². The molecule has 1 aliphatic heterocycles. The van der Waals surface area contributed by atoms with Crippen molar-refractivity contribution in [3.63, 3.8) is 0 Å². The molecule has 2 aromatic rings. The van der Waals surface area contributed by atoms with E-state index in [9.17, 15) is 4.79 Å². The Hall–Kier alpha value is -2.26. The van der Waals surface area contributed by atoms with E-state index in [4.69, 9.17) is 4.74 Å². The van der Waals surface area contributed by atoms with Crippen molar-refractivity contribution in [2.24, 2.45) is 0 Å². The minimum atomic E-state index is 0.0842. The highest BCUT2D eigenvalue weighted by molar-refractivity contribution is 5.77. The number of rotatable bonds is 6. The summed E-state index contributed by atoms with van der Waals surface area (Å²) in [4.78, 5) is 25.0. The maximum atomic E-state index is 11.8. The van der Waals surface area contributed by atoms with E-state index in [0.717, 1.165) is 44.1 Å². The molecule has 1 fully saturated rings. The molecule has 0 saturated carbocycles. The second kappa shape index (κ2) is 8.21. The summed E-state index contributed by atoms with van der Waals surface area (Å²) in [6, 6.07) is 2.00. The fourth-order valence-corrected chi connectivity index (χ4v) is 3.11. The van der Waals surface area contributed by atoms with Gasteiger partial charge in [-0.3, -0.25) is 9.69 Å². The normalized spacial score (nSPS) is 16.2. The van der Waals surface area contributed by atoms with Crippen molar-refractivity contribution in [1.29, 1.82) is 0 Å². The van der Waals surface area contributed by atoms with Crippen molar-refractivity contribution in [3.8, 4) is 0 Å². The Morgan fingerprint density at radius 3 is 3.00 bits per heavy atom. The number of carbonyl (C=O) groups excluding carboxylic acids is 1. The van der Waals surface area contributed by atoms with Crippen LogP contribution in [0.1, 0.15) is 19.0 Å². The van der Waals surface area contributed by atoms with Gasteiger partial charge in [0.1, 0.15) is 12.1 Å². The van der Waals surface area contributed by atoms with Crippen molar-refractivity contribution in [3.05, 3.63) is 18.1 Å². The number of carbonyl (C=O) groups is 1. The molecule has 0 atom stereocenters. The number of nitrogens with one attached hydrogen (secondary N) is 1. The molecule has 0 spiro atoms. The largest absolute Gasteiger partial charge is 0.378 e. The third-order valence-electron chi connectivity index (χ3n) is 4.23. The highest BCUT2D eigenvalue weighted by Gasteiger charge is 2.20. The first kappa shape index (κ1) is 17.6. The monoisotopic (exact) mass is 347 g/mol. The summed E-state index contributed by atoms with van der Waals surface area (Å²) >= 11 is 0. The topological polar surface area (TPSA) is 87.9 Å². The molecule has 1 amide bonds. The standard InChI is InChI=1S/C16H25N7O2/c1-3-17-14(24)10-21-5-4-6-22(8-7-21)15-9-13(11-25-2)20-16-18-12-19-23(15)16/h9,12H,3-8,10-11H2,1-2H3,(H,17,24). The molecular weight excluding hydrogens is 322 g/mol. The first-order valence-electron chi connectivity index (χ1n) is 8.64. The molecule has 136 valence electrons. The number of fused-ring (bicyclic) bond motifs is 1. The van der Waals surface area contributed by atoms with Crippen LogP contribution in [0.5, 0.6) is 0 Å². The Balaban J connectivity index is 1.75. The Labute approximate surface area is 147 Å². The summed E-state index contributed by atoms with van der Waals surface area (Å²) < 4.78 is 6.98. The Morgan fingerprint density at radius 2 is 2.20 bits per heavy atom. The van der Waals surface area contributed by atoms with Crippen LogP contribution in [-0.2, 0) is 16.1 Å². The van der Waals surface area contributed by atoms with Crippen LogP contribution in [-0.4, -0.2) is 76.8 Å². The molecule has 3 rings (SSSR count). The van der Waals surface area contributed by atoms with Gasteiger partial charge in [-0.2, -0.15) is 14.6 Å². The number of nitrogens with zero attached hydrogens (tertiary/aromatic N) is 6. The third-order valence-corrected chi connectivity index (χ3v) is 4.23. The predicted molar refractivity (Wildman–Crippen MR) is 93.4 cm³/mol. The number of anilines is 1. The lowest BCUT2D eigenvalue weighted by atomic mass is 10.3. The smallest absolute Gasteiger partial charge is 0.254 e. The molecular formula is C16H25N7O2. The SMILES string of the molecule is CCNC(=O)CN1CCCN(c2cc(COC)nc3ncnn23)CC1. The van der Waals surface area contributed by atoms with Gasteiger partial charge in [0, 0.05) is 45.9 Å². The minimum absolute atomic E-state index is 0.0842. The van der Waals surface area contributed by atoms with Gasteiger partial charge in [0.25, 0.3) is 5.78 Å². The zero-order chi connectivity index (χ0) is 17.6. The van der Waals surface area contributed by atoms with E-state index in [1.165, 1.54) is 6.33 Å². The molecule has 1 N–H and O–H groups in total. The zero-order valence-corrected chi connectivity index (χ0v) is 14.8. The minimum Gasteiger partial charge on any atom is -0.378 e. The molecule has 1 aliphatic rings. The van der Waals surface area contributed by atoms with Gasteiger partial charge in [0.05, 0.1) is 18.8 Å². The van der Waals surface area contributed by atoms with Crippen molar-refractivity contribution in [1.82, 2.24) is 29.8 Å². The maximum absolute atomic E-state index is 11.8. The fourth-order valence-electron chi connectivity index (χ4n) is 3.11. The van der Waals surface area contributed by atoms with E-state index < -0.39 is 0 Å². The lowest BCUT2D eigenvalue weighted by Gasteiger charge is -2.24. The molecule has 0 bridgehead atoms. The van der Waals surface area contributed by atoms with Crippen LogP contribution in [0.3, 0.4) is 0 Å². The molecule has 2 aromatic heterocycles. The summed E-state index contributed by atoms with van der Waals surface area (Å²) in [5.41, 5.74) is 0.835. The average molecular weight is 347 g/mol. The molecule has 0 radical (unpaired) electrons. The third kappa shape index (κ3) is 4.23. The lowest BCUT2D eigenvalue weighted by Crippen LogP contribution is -2.39. The summed E-state index contributed by atoms with van der Waals surface area (Å²) in [5.74, 6) is 1.63. The maximum Gasteiger partial charge on any atom is 0.254 e. The van der Waals surface area contributed by atoms with Crippen LogP contribution in [0.25, 0.3) is 5.78 Å². The number of amides is 1. The highest BCUT2D eigenvalue weighted by atomic mass is 16.5. The molecule has 0 unspecified atom stereocenters. The number of hydrogen-bond donors (Lipinski definition) is 1. The van der Waals surface area contributed by atoms with Crippen LogP contribution in [0.15, 0.2) is 12.4 Å². The molecule has 9 heteroatoms. The van der Waals surface area contributed by atoms with Gasteiger partial charge in [-0.15, -0.1) is 0 Å². The zero-order valence-electron chi connectivity index (χ0n) is 14.8. The molecule has 9 nitrogen and oxygen atoms in total. The van der Waals surface area contributed by atoms with Crippen molar-refractivity contribution in [2.45, 2.75) is 20.0 Å². The van der Waals surface area contributed by atoms with Crippen LogP contribution in [0.2, 0.25) is 0 Å². The van der Waals surface area contributed by atoms with Gasteiger partial charge in [-0.05, 0) is 13.3 Å². The second-order valence-corrected chi connectivity index (χ2v) is 6.08. The van der Waals surface area contributed by atoms with E-state index >= 15 is 0 Å². The lowest BCUT2D eigenvalue weighted by molar-refractivity contribution is -0.122. The van der Waals surface area contributed by atoms with Gasteiger partial charge in [-0.25, -0.2) is 4.98 Å². The van der Waals surface area contributed by atoms with E-state index in [2.05, 4.69) is 30.2 Å². The summed E-state index contributed by atoms with van der Waals surface area (Å²) in [6.07, 6.45) is 2.50. The Bertz CT molecular complexity index is 718. The molecule has 0 aromatic carbocycles.